The van der Waals surface area contributed by atoms with E-state index in [1.807, 2.05) is 0 Å². The van der Waals surface area contributed by atoms with E-state index in [1.54, 1.807) is 12.1 Å². The third kappa shape index (κ3) is 3.61. The zero-order valence-corrected chi connectivity index (χ0v) is 12.4. The topological polar surface area (TPSA) is 87.3 Å². The number of carbonyl (C=O) groups excluding carboxylic acids is 1. The molecule has 6 nitrogen and oxygen atoms in total. The van der Waals surface area contributed by atoms with Crippen molar-refractivity contribution in [1.82, 2.24) is 15.4 Å². The Hall–Kier alpha value is -1.44. The maximum absolute atomic E-state index is 12.0. The van der Waals surface area contributed by atoms with Gasteiger partial charge >= 0.3 is 0 Å². The molecule has 2 aliphatic rings. The summed E-state index contributed by atoms with van der Waals surface area (Å²) in [6.07, 6.45) is 1.80. The van der Waals surface area contributed by atoms with Gasteiger partial charge in [0.1, 0.15) is 0 Å². The number of benzene rings is 1. The number of carbonyl (C=O) groups is 1. The lowest BCUT2D eigenvalue weighted by Gasteiger charge is -2.27. The molecule has 21 heavy (non-hydrogen) atoms. The van der Waals surface area contributed by atoms with Crippen LogP contribution in [0, 0.1) is 5.92 Å². The number of rotatable bonds is 6. The van der Waals surface area contributed by atoms with Crippen LogP contribution in [-0.2, 0) is 10.0 Å². The van der Waals surface area contributed by atoms with Crippen molar-refractivity contribution in [2.24, 2.45) is 5.92 Å². The lowest BCUT2D eigenvalue weighted by Crippen LogP contribution is -2.48. The lowest BCUT2D eigenvalue weighted by molar-refractivity contribution is 0.0942. The van der Waals surface area contributed by atoms with Crippen molar-refractivity contribution in [1.29, 1.82) is 0 Å². The average molecular weight is 309 g/mol. The van der Waals surface area contributed by atoms with E-state index < -0.39 is 10.0 Å². The zero-order chi connectivity index (χ0) is 14.9. The van der Waals surface area contributed by atoms with Gasteiger partial charge in [-0.05, 0) is 37.1 Å². The fourth-order valence-electron chi connectivity index (χ4n) is 2.11. The van der Waals surface area contributed by atoms with E-state index >= 15 is 0 Å². The van der Waals surface area contributed by atoms with Crippen LogP contribution < -0.4 is 15.4 Å². The summed E-state index contributed by atoms with van der Waals surface area (Å²) in [5.74, 6) is 0.331. The third-order valence-electron chi connectivity index (χ3n) is 3.74. The van der Waals surface area contributed by atoms with Crippen molar-refractivity contribution in [2.75, 3.05) is 19.6 Å². The van der Waals surface area contributed by atoms with Crippen molar-refractivity contribution in [2.45, 2.75) is 23.8 Å². The molecule has 1 heterocycles. The summed E-state index contributed by atoms with van der Waals surface area (Å²) in [5, 5.41) is 6.00. The van der Waals surface area contributed by atoms with Crippen LogP contribution in [0.15, 0.2) is 29.2 Å². The maximum atomic E-state index is 12.0. The highest BCUT2D eigenvalue weighted by Gasteiger charge is 2.28. The molecule has 0 bridgehead atoms. The van der Waals surface area contributed by atoms with Gasteiger partial charge in [0.15, 0.2) is 0 Å². The Balaban J connectivity index is 1.61. The van der Waals surface area contributed by atoms with Gasteiger partial charge in [-0.25, -0.2) is 13.1 Å². The maximum Gasteiger partial charge on any atom is 0.251 e. The summed E-state index contributed by atoms with van der Waals surface area (Å²) >= 11 is 0. The summed E-state index contributed by atoms with van der Waals surface area (Å²) in [5.41, 5.74) is 0.479. The first-order valence-electron chi connectivity index (χ1n) is 7.16. The van der Waals surface area contributed by atoms with E-state index in [-0.39, 0.29) is 16.8 Å². The molecule has 7 heteroatoms. The number of nitrogens with one attached hydrogen (secondary N) is 3. The molecule has 0 radical (unpaired) electrons. The third-order valence-corrected chi connectivity index (χ3v) is 5.28. The first kappa shape index (κ1) is 14.5. The Labute approximate surface area is 124 Å². The van der Waals surface area contributed by atoms with E-state index in [2.05, 4.69) is 15.4 Å². The first-order valence-corrected chi connectivity index (χ1v) is 8.64. The molecule has 1 amide bonds. The van der Waals surface area contributed by atoms with Gasteiger partial charge in [-0.2, -0.15) is 0 Å². The molecule has 1 aliphatic carbocycles. The Bertz CT molecular complexity index is 619. The SMILES string of the molecule is O=C(NCC1CNC1)c1ccc(S(=O)(=O)NC2CC2)cc1. The minimum Gasteiger partial charge on any atom is -0.352 e. The van der Waals surface area contributed by atoms with Crippen molar-refractivity contribution in [3.05, 3.63) is 29.8 Å². The predicted molar refractivity (Wildman–Crippen MR) is 78.5 cm³/mol. The van der Waals surface area contributed by atoms with Gasteiger partial charge < -0.3 is 10.6 Å². The van der Waals surface area contributed by atoms with Crippen LogP contribution in [0.25, 0.3) is 0 Å². The summed E-state index contributed by atoms with van der Waals surface area (Å²) in [6, 6.07) is 6.13. The normalized spacial score (nSPS) is 19.0. The minimum atomic E-state index is -3.45. The van der Waals surface area contributed by atoms with Crippen LogP contribution in [-0.4, -0.2) is 40.0 Å². The van der Waals surface area contributed by atoms with Crippen LogP contribution >= 0.6 is 0 Å². The van der Waals surface area contributed by atoms with Crippen LogP contribution in [0.3, 0.4) is 0 Å². The highest BCUT2D eigenvalue weighted by Crippen LogP contribution is 2.22. The Morgan fingerprint density at radius 2 is 1.86 bits per heavy atom. The van der Waals surface area contributed by atoms with Crippen LogP contribution in [0.1, 0.15) is 23.2 Å². The molecule has 0 atom stereocenters. The molecular weight excluding hydrogens is 290 g/mol. The average Bonchev–Trinajstić information content (AvgIpc) is 3.20. The largest absolute Gasteiger partial charge is 0.352 e. The van der Waals surface area contributed by atoms with Gasteiger partial charge in [0.25, 0.3) is 5.91 Å². The Morgan fingerprint density at radius 1 is 1.19 bits per heavy atom. The summed E-state index contributed by atoms with van der Waals surface area (Å²) in [6.45, 7) is 2.52. The Kier molecular flexibility index (Phi) is 3.97. The van der Waals surface area contributed by atoms with Crippen molar-refractivity contribution >= 4 is 15.9 Å². The van der Waals surface area contributed by atoms with Crippen LogP contribution in [0.4, 0.5) is 0 Å². The highest BCUT2D eigenvalue weighted by atomic mass is 32.2. The van der Waals surface area contributed by atoms with E-state index in [9.17, 15) is 13.2 Å². The summed E-state index contributed by atoms with van der Waals surface area (Å²) < 4.78 is 26.6. The molecule has 1 aliphatic heterocycles. The fraction of sp³-hybridized carbons (Fsp3) is 0.500. The Morgan fingerprint density at radius 3 is 2.38 bits per heavy atom. The summed E-state index contributed by atoms with van der Waals surface area (Å²) in [7, 11) is -3.45. The quantitative estimate of drug-likeness (QED) is 0.694. The van der Waals surface area contributed by atoms with Crippen LogP contribution in [0.2, 0.25) is 0 Å². The van der Waals surface area contributed by atoms with E-state index in [4.69, 9.17) is 0 Å². The number of hydrogen-bond acceptors (Lipinski definition) is 4. The number of amides is 1. The standard InChI is InChI=1S/C14H19N3O3S/c18-14(16-9-10-7-15-8-10)11-1-5-13(6-2-11)21(19,20)17-12-3-4-12/h1-2,5-6,10,12,15,17H,3-4,7-9H2,(H,16,18). The van der Waals surface area contributed by atoms with Crippen LogP contribution in [0.5, 0.6) is 0 Å². The summed E-state index contributed by atoms with van der Waals surface area (Å²) in [4.78, 5) is 12.1. The first-order chi connectivity index (χ1) is 10.0. The molecule has 0 unspecified atom stereocenters. The monoisotopic (exact) mass is 309 g/mol. The van der Waals surface area contributed by atoms with Gasteiger partial charge in [-0.15, -0.1) is 0 Å². The molecule has 3 rings (SSSR count). The van der Waals surface area contributed by atoms with Crippen molar-refractivity contribution in [3.63, 3.8) is 0 Å². The molecule has 1 saturated carbocycles. The lowest BCUT2D eigenvalue weighted by atomic mass is 10.0. The minimum absolute atomic E-state index is 0.0778. The smallest absolute Gasteiger partial charge is 0.251 e. The molecule has 1 saturated heterocycles. The zero-order valence-electron chi connectivity index (χ0n) is 11.6. The highest BCUT2D eigenvalue weighted by molar-refractivity contribution is 7.89. The van der Waals surface area contributed by atoms with E-state index in [1.165, 1.54) is 12.1 Å². The predicted octanol–water partition coefficient (Wildman–Crippen LogP) is 0.0765. The van der Waals surface area contributed by atoms with Gasteiger partial charge in [-0.3, -0.25) is 4.79 Å². The number of hydrogen-bond donors (Lipinski definition) is 3. The fourth-order valence-corrected chi connectivity index (χ4v) is 3.41. The molecular formula is C14H19N3O3S. The van der Waals surface area contributed by atoms with Crippen molar-refractivity contribution in [3.8, 4) is 0 Å². The van der Waals surface area contributed by atoms with E-state index in [0.29, 0.717) is 18.0 Å². The van der Waals surface area contributed by atoms with Crippen molar-refractivity contribution < 1.29 is 13.2 Å². The van der Waals surface area contributed by atoms with Gasteiger partial charge in [0, 0.05) is 37.2 Å². The van der Waals surface area contributed by atoms with E-state index in [0.717, 1.165) is 25.9 Å². The van der Waals surface area contributed by atoms with Gasteiger partial charge in [0.05, 0.1) is 4.90 Å². The second-order valence-electron chi connectivity index (χ2n) is 5.65. The molecule has 0 spiro atoms. The number of sulfonamides is 1. The molecule has 0 aromatic heterocycles. The molecule has 1 aromatic carbocycles. The second kappa shape index (κ2) is 5.75. The van der Waals surface area contributed by atoms with Gasteiger partial charge in [0.2, 0.25) is 10.0 Å². The molecule has 3 N–H and O–H groups in total. The molecule has 2 fully saturated rings. The molecule has 1 aromatic rings. The molecule has 114 valence electrons. The van der Waals surface area contributed by atoms with Gasteiger partial charge in [-0.1, -0.05) is 0 Å². The second-order valence-corrected chi connectivity index (χ2v) is 7.37.